The number of methoxy groups -OCH3 is 1. The summed E-state index contributed by atoms with van der Waals surface area (Å²) in [6.45, 7) is 4.37. The Hall–Kier alpha value is -2.47. The van der Waals surface area contributed by atoms with Crippen LogP contribution in [-0.2, 0) is 16.0 Å². The van der Waals surface area contributed by atoms with Crippen molar-refractivity contribution in [2.75, 3.05) is 7.11 Å². The molecule has 30 heavy (non-hydrogen) atoms. The zero-order valence-electron chi connectivity index (χ0n) is 18.3. The van der Waals surface area contributed by atoms with Crippen molar-refractivity contribution in [3.8, 4) is 0 Å². The second-order valence-electron chi connectivity index (χ2n) is 8.90. The van der Waals surface area contributed by atoms with Crippen molar-refractivity contribution in [3.63, 3.8) is 0 Å². The Morgan fingerprint density at radius 1 is 1.27 bits per heavy atom. The van der Waals surface area contributed by atoms with Gasteiger partial charge in [0, 0.05) is 12.6 Å². The third-order valence-electron chi connectivity index (χ3n) is 7.15. The van der Waals surface area contributed by atoms with Crippen molar-refractivity contribution in [3.05, 3.63) is 47.8 Å². The van der Waals surface area contributed by atoms with Gasteiger partial charge in [-0.15, -0.1) is 0 Å². The number of hydrogen-bond acceptors (Lipinski definition) is 4. The Bertz CT molecular complexity index is 955. The van der Waals surface area contributed by atoms with Crippen LogP contribution in [-0.4, -0.2) is 51.1 Å². The zero-order chi connectivity index (χ0) is 21.1. The molecule has 1 N–H and O–H groups in total. The molecular weight excluding hydrogens is 376 g/mol. The lowest BCUT2D eigenvalue weighted by molar-refractivity contribution is -0.910. The van der Waals surface area contributed by atoms with Gasteiger partial charge in [-0.05, 0) is 57.2 Å². The molecule has 0 bridgehead atoms. The summed E-state index contributed by atoms with van der Waals surface area (Å²) < 4.78 is 6.36. The first-order valence-electron chi connectivity index (χ1n) is 11.2. The highest BCUT2D eigenvalue weighted by Gasteiger charge is 2.47. The molecule has 2 atom stereocenters. The van der Waals surface area contributed by atoms with Crippen LogP contribution in [0.4, 0.5) is 0 Å². The second kappa shape index (κ2) is 8.72. The van der Waals surface area contributed by atoms with E-state index in [1.165, 1.54) is 25.7 Å². The Morgan fingerprint density at radius 3 is 2.77 bits per heavy atom. The number of ether oxygens (including phenoxy) is 1. The molecule has 1 amide bonds. The maximum atomic E-state index is 12.6. The highest BCUT2D eigenvalue weighted by atomic mass is 16.5. The number of carbonyl (C=O) groups excluding carboxylic acids is 1. The van der Waals surface area contributed by atoms with Crippen molar-refractivity contribution in [2.24, 2.45) is 0 Å². The quantitative estimate of drug-likeness (QED) is 0.542. The molecule has 6 nitrogen and oxygen atoms in total. The van der Waals surface area contributed by atoms with Gasteiger partial charge in [-0.3, -0.25) is 9.47 Å². The number of nitrogens with zero attached hydrogens (tertiary/aromatic N) is 3. The molecule has 2 aromatic heterocycles. The summed E-state index contributed by atoms with van der Waals surface area (Å²) in [5.74, 6) is 0.956. The van der Waals surface area contributed by atoms with Crippen LogP contribution in [0.25, 0.3) is 11.0 Å². The number of rotatable bonds is 7. The average Bonchev–Trinajstić information content (AvgIpc) is 3.26. The average molecular weight is 410 g/mol. The van der Waals surface area contributed by atoms with Crippen LogP contribution in [0.15, 0.2) is 42.1 Å². The topological polar surface area (TPSA) is 67.9 Å². The zero-order valence-corrected chi connectivity index (χ0v) is 18.3. The molecule has 0 saturated heterocycles. The molecule has 6 heteroatoms. The highest BCUT2D eigenvalue weighted by molar-refractivity contribution is 5.76. The number of H-pyrrole nitrogens is 1. The lowest BCUT2D eigenvalue weighted by Crippen LogP contribution is -2.64. The van der Waals surface area contributed by atoms with Crippen LogP contribution < -0.4 is 0 Å². The predicted octanol–water partition coefficient (Wildman–Crippen LogP) is 4.44. The standard InChI is InChI=1S/C24H33N4O2/c1-17(2)28(16-29,19-7-5-4-6-8-19)20-10-9-18(23(14-20)30-3)13-22-24-21(11-12-25-22)26-15-27-24/h9-12,15-17,19-20H,4-8,13-14H2,1-3H3,(H,26,27)/q+1. The van der Waals surface area contributed by atoms with E-state index in [0.717, 1.165) is 47.3 Å². The normalized spacial score (nSPS) is 22.5. The van der Waals surface area contributed by atoms with Gasteiger partial charge in [0.15, 0.2) is 0 Å². The van der Waals surface area contributed by atoms with Gasteiger partial charge in [0.2, 0.25) is 0 Å². The van der Waals surface area contributed by atoms with Gasteiger partial charge < -0.3 is 9.72 Å². The fraction of sp³-hybridized carbons (Fsp3) is 0.542. The number of allylic oxidation sites excluding steroid dienone is 2. The molecule has 0 aliphatic heterocycles. The molecular formula is C24H33N4O2+. The fourth-order valence-corrected chi connectivity index (χ4v) is 5.51. The molecule has 1 saturated carbocycles. The van der Waals surface area contributed by atoms with E-state index >= 15 is 0 Å². The van der Waals surface area contributed by atoms with Crippen LogP contribution >= 0.6 is 0 Å². The van der Waals surface area contributed by atoms with Crippen LogP contribution in [0.1, 0.15) is 58.1 Å². The van der Waals surface area contributed by atoms with Crippen LogP contribution in [0.2, 0.25) is 0 Å². The van der Waals surface area contributed by atoms with Crippen LogP contribution in [0.3, 0.4) is 0 Å². The Labute approximate surface area is 178 Å². The van der Waals surface area contributed by atoms with Crippen molar-refractivity contribution in [1.82, 2.24) is 15.0 Å². The SMILES string of the molecule is COC1=C(Cc2nccc3[nH]cnc23)C=CC([N+](C=O)(C(C)C)C2CCCCC2)C1. The highest BCUT2D eigenvalue weighted by Crippen LogP contribution is 2.37. The molecule has 4 rings (SSSR count). The van der Waals surface area contributed by atoms with E-state index in [-0.39, 0.29) is 12.1 Å². The number of amides is 1. The third-order valence-corrected chi connectivity index (χ3v) is 7.15. The van der Waals surface area contributed by atoms with E-state index in [4.69, 9.17) is 4.74 Å². The summed E-state index contributed by atoms with van der Waals surface area (Å²) in [6, 6.07) is 2.68. The van der Waals surface area contributed by atoms with Crippen molar-refractivity contribution in [1.29, 1.82) is 0 Å². The van der Waals surface area contributed by atoms with Crippen molar-refractivity contribution < 1.29 is 14.0 Å². The van der Waals surface area contributed by atoms with Gasteiger partial charge in [-0.25, -0.2) is 9.78 Å². The first kappa shape index (κ1) is 20.8. The summed E-state index contributed by atoms with van der Waals surface area (Å²) in [4.78, 5) is 24.8. The molecule has 0 aromatic carbocycles. The molecule has 1 fully saturated rings. The van der Waals surface area contributed by atoms with Gasteiger partial charge >= 0.3 is 6.41 Å². The number of carbonyl (C=O) groups is 1. The molecule has 0 spiro atoms. The van der Waals surface area contributed by atoms with Gasteiger partial charge in [-0.2, -0.15) is 0 Å². The third kappa shape index (κ3) is 3.58. The van der Waals surface area contributed by atoms with E-state index in [1.807, 2.05) is 12.3 Å². The summed E-state index contributed by atoms with van der Waals surface area (Å²) >= 11 is 0. The summed E-state index contributed by atoms with van der Waals surface area (Å²) in [5.41, 5.74) is 3.95. The van der Waals surface area contributed by atoms with E-state index in [9.17, 15) is 4.79 Å². The predicted molar refractivity (Wildman–Crippen MR) is 118 cm³/mol. The number of nitrogens with one attached hydrogen (secondary N) is 1. The maximum Gasteiger partial charge on any atom is 0.302 e. The Morgan fingerprint density at radius 2 is 2.07 bits per heavy atom. The van der Waals surface area contributed by atoms with Gasteiger partial charge in [-0.1, -0.05) is 12.5 Å². The van der Waals surface area contributed by atoms with E-state index in [1.54, 1.807) is 13.4 Å². The Kier molecular flexibility index (Phi) is 6.04. The molecule has 2 aromatic rings. The number of pyridine rings is 1. The summed E-state index contributed by atoms with van der Waals surface area (Å²) in [5, 5.41) is 0. The fourth-order valence-electron chi connectivity index (χ4n) is 5.51. The largest absolute Gasteiger partial charge is 0.501 e. The lowest BCUT2D eigenvalue weighted by Gasteiger charge is -2.49. The molecule has 0 radical (unpaired) electrons. The molecule has 2 aliphatic carbocycles. The summed E-state index contributed by atoms with van der Waals surface area (Å²) in [7, 11) is 1.74. The number of fused-ring (bicyclic) bond motifs is 1. The van der Waals surface area contributed by atoms with E-state index in [0.29, 0.717) is 16.9 Å². The first-order valence-corrected chi connectivity index (χ1v) is 11.2. The monoisotopic (exact) mass is 409 g/mol. The summed E-state index contributed by atoms with van der Waals surface area (Å²) in [6.07, 6.45) is 16.5. The van der Waals surface area contributed by atoms with E-state index < -0.39 is 0 Å². The molecule has 2 unspecified atom stereocenters. The smallest absolute Gasteiger partial charge is 0.302 e. The number of quaternary nitrogens is 1. The van der Waals surface area contributed by atoms with Crippen molar-refractivity contribution >= 4 is 17.4 Å². The molecule has 160 valence electrons. The van der Waals surface area contributed by atoms with Gasteiger partial charge in [0.05, 0.1) is 43.2 Å². The van der Waals surface area contributed by atoms with E-state index in [2.05, 4.69) is 41.0 Å². The second-order valence-corrected chi connectivity index (χ2v) is 8.90. The first-order chi connectivity index (χ1) is 14.6. The number of hydrogen-bond donors (Lipinski definition) is 1. The number of imidazole rings is 1. The Balaban J connectivity index is 1.63. The van der Waals surface area contributed by atoms with Gasteiger partial charge in [0.25, 0.3) is 0 Å². The number of aromatic amines is 1. The van der Waals surface area contributed by atoms with Crippen LogP contribution in [0, 0.1) is 0 Å². The molecule has 2 heterocycles. The lowest BCUT2D eigenvalue weighted by atomic mass is 9.86. The van der Waals surface area contributed by atoms with Crippen molar-refractivity contribution in [2.45, 2.75) is 76.9 Å². The molecule has 2 aliphatic rings. The minimum absolute atomic E-state index is 0.110. The maximum absolute atomic E-state index is 12.6. The van der Waals surface area contributed by atoms with Gasteiger partial charge in [0.1, 0.15) is 17.3 Å². The number of aromatic nitrogens is 3. The minimum Gasteiger partial charge on any atom is -0.501 e. The van der Waals surface area contributed by atoms with Crippen LogP contribution in [0.5, 0.6) is 0 Å². The minimum atomic E-state index is 0.110.